The van der Waals surface area contributed by atoms with Crippen LogP contribution < -0.4 is 0 Å². The highest BCUT2D eigenvalue weighted by atomic mass is 32.2. The van der Waals surface area contributed by atoms with E-state index < -0.39 is 0 Å². The Morgan fingerprint density at radius 2 is 2.18 bits per heavy atom. The van der Waals surface area contributed by atoms with Gasteiger partial charge in [-0.3, -0.25) is 9.55 Å². The number of pyridine rings is 1. The fourth-order valence-electron chi connectivity index (χ4n) is 2.48. The molecule has 3 rings (SSSR count). The van der Waals surface area contributed by atoms with Gasteiger partial charge in [0.15, 0.2) is 11.0 Å². The predicted octanol–water partition coefficient (Wildman–Crippen LogP) is 3.04. The summed E-state index contributed by atoms with van der Waals surface area (Å²) in [5.74, 6) is 2.56. The van der Waals surface area contributed by atoms with Gasteiger partial charge in [0.1, 0.15) is 5.69 Å². The fourth-order valence-corrected chi connectivity index (χ4v) is 3.61. The molecule has 0 aliphatic carbocycles. The molecule has 2 aromatic heterocycles. The van der Waals surface area contributed by atoms with Crippen LogP contribution in [0.15, 0.2) is 42.2 Å². The van der Waals surface area contributed by atoms with Gasteiger partial charge in [-0.05, 0) is 30.9 Å². The minimum absolute atomic E-state index is 0.690. The van der Waals surface area contributed by atoms with Crippen molar-refractivity contribution in [2.24, 2.45) is 5.92 Å². The second-order valence-electron chi connectivity index (χ2n) is 5.29. The quantitative estimate of drug-likeness (QED) is 0.605. The average Bonchev–Trinajstić information content (AvgIpc) is 2.98. The van der Waals surface area contributed by atoms with Gasteiger partial charge in [-0.2, -0.15) is 0 Å². The number of hydrogen-bond donors (Lipinski definition) is 0. The summed E-state index contributed by atoms with van der Waals surface area (Å²) >= 11 is 1.77. The first-order valence-corrected chi connectivity index (χ1v) is 8.53. The molecule has 1 aliphatic rings. The van der Waals surface area contributed by atoms with E-state index in [1.54, 1.807) is 18.0 Å². The number of aromatic nitrogens is 4. The Hall–Kier alpha value is -1.66. The molecule has 0 bridgehead atoms. The zero-order valence-electron chi connectivity index (χ0n) is 12.5. The van der Waals surface area contributed by atoms with E-state index in [0.717, 1.165) is 48.5 Å². The van der Waals surface area contributed by atoms with Crippen LogP contribution in [0.3, 0.4) is 0 Å². The Morgan fingerprint density at radius 1 is 1.32 bits per heavy atom. The lowest BCUT2D eigenvalue weighted by Gasteiger charge is -2.21. The van der Waals surface area contributed by atoms with Crippen LogP contribution >= 0.6 is 11.8 Å². The van der Waals surface area contributed by atoms with E-state index in [-0.39, 0.29) is 0 Å². The first-order valence-electron chi connectivity index (χ1n) is 7.54. The predicted molar refractivity (Wildman–Crippen MR) is 87.7 cm³/mol. The van der Waals surface area contributed by atoms with Crippen molar-refractivity contribution < 1.29 is 4.74 Å². The molecule has 0 saturated carbocycles. The lowest BCUT2D eigenvalue weighted by Crippen LogP contribution is -2.17. The van der Waals surface area contributed by atoms with Gasteiger partial charge in [0, 0.05) is 31.7 Å². The van der Waals surface area contributed by atoms with Crippen molar-refractivity contribution in [1.82, 2.24) is 19.7 Å². The summed E-state index contributed by atoms with van der Waals surface area (Å²) in [6.07, 6.45) is 5.91. The third-order valence-electron chi connectivity index (χ3n) is 3.71. The fraction of sp³-hybridized carbons (Fsp3) is 0.438. The van der Waals surface area contributed by atoms with Crippen molar-refractivity contribution >= 4 is 11.8 Å². The van der Waals surface area contributed by atoms with Crippen LogP contribution in [-0.2, 0) is 11.3 Å². The molecule has 0 radical (unpaired) electrons. The third kappa shape index (κ3) is 3.56. The molecule has 0 unspecified atom stereocenters. The van der Waals surface area contributed by atoms with Crippen molar-refractivity contribution in [3.63, 3.8) is 0 Å². The monoisotopic (exact) mass is 316 g/mol. The zero-order valence-corrected chi connectivity index (χ0v) is 13.3. The van der Waals surface area contributed by atoms with Gasteiger partial charge < -0.3 is 4.74 Å². The number of ether oxygens (including phenoxy) is 1. The first kappa shape index (κ1) is 15.2. The summed E-state index contributed by atoms with van der Waals surface area (Å²) < 4.78 is 7.49. The van der Waals surface area contributed by atoms with Crippen molar-refractivity contribution in [3.8, 4) is 11.5 Å². The molecule has 1 fully saturated rings. The van der Waals surface area contributed by atoms with E-state index in [9.17, 15) is 0 Å². The molecule has 0 spiro atoms. The zero-order chi connectivity index (χ0) is 15.2. The van der Waals surface area contributed by atoms with Gasteiger partial charge in [-0.25, -0.2) is 0 Å². The molecule has 116 valence electrons. The van der Waals surface area contributed by atoms with E-state index >= 15 is 0 Å². The molecule has 0 N–H and O–H groups in total. The molecule has 0 amide bonds. The van der Waals surface area contributed by atoms with Gasteiger partial charge in [0.25, 0.3) is 0 Å². The maximum Gasteiger partial charge on any atom is 0.191 e. The summed E-state index contributed by atoms with van der Waals surface area (Å²) in [5.41, 5.74) is 0.842. The normalized spacial score (nSPS) is 15.8. The lowest BCUT2D eigenvalue weighted by atomic mass is 10.0. The van der Waals surface area contributed by atoms with Gasteiger partial charge in [-0.1, -0.05) is 23.9 Å². The molecule has 1 aliphatic heterocycles. The smallest absolute Gasteiger partial charge is 0.191 e. The standard InChI is InChI=1S/C16H20N4OS/c1-2-9-20-15(14-5-3-4-8-17-14)18-19-16(20)22-12-13-6-10-21-11-7-13/h2-5,8,13H,1,6-7,9-12H2. The summed E-state index contributed by atoms with van der Waals surface area (Å²) in [7, 11) is 0. The Kier molecular flexibility index (Phi) is 5.24. The first-order chi connectivity index (χ1) is 10.9. The average molecular weight is 316 g/mol. The van der Waals surface area contributed by atoms with Crippen LogP contribution in [0, 0.1) is 5.92 Å². The number of rotatable bonds is 6. The molecule has 2 aromatic rings. The molecule has 0 atom stereocenters. The Balaban J connectivity index is 1.76. The van der Waals surface area contributed by atoms with Crippen molar-refractivity contribution in [1.29, 1.82) is 0 Å². The van der Waals surface area contributed by atoms with Crippen molar-refractivity contribution in [3.05, 3.63) is 37.1 Å². The van der Waals surface area contributed by atoms with Crippen molar-refractivity contribution in [2.45, 2.75) is 24.5 Å². The van der Waals surface area contributed by atoms with Crippen LogP contribution in [0.25, 0.3) is 11.5 Å². The van der Waals surface area contributed by atoms with E-state index in [1.807, 2.05) is 24.3 Å². The van der Waals surface area contributed by atoms with Gasteiger partial charge in [-0.15, -0.1) is 16.8 Å². The van der Waals surface area contributed by atoms with E-state index in [2.05, 4.69) is 26.3 Å². The molecular formula is C16H20N4OS. The minimum atomic E-state index is 0.690. The minimum Gasteiger partial charge on any atom is -0.381 e. The van der Waals surface area contributed by atoms with Crippen LogP contribution in [0.1, 0.15) is 12.8 Å². The number of hydrogen-bond acceptors (Lipinski definition) is 5. The number of allylic oxidation sites excluding steroid dienone is 1. The largest absolute Gasteiger partial charge is 0.381 e. The van der Waals surface area contributed by atoms with Crippen LogP contribution in [-0.4, -0.2) is 38.7 Å². The van der Waals surface area contributed by atoms with Crippen LogP contribution in [0.4, 0.5) is 0 Å². The Bertz CT molecular complexity index is 608. The van der Waals surface area contributed by atoms with Gasteiger partial charge >= 0.3 is 0 Å². The Morgan fingerprint density at radius 3 is 2.91 bits per heavy atom. The molecule has 0 aromatic carbocycles. The van der Waals surface area contributed by atoms with Crippen molar-refractivity contribution in [2.75, 3.05) is 19.0 Å². The van der Waals surface area contributed by atoms with Crippen LogP contribution in [0.2, 0.25) is 0 Å². The summed E-state index contributed by atoms with van der Waals surface area (Å²) in [6, 6.07) is 5.82. The molecular weight excluding hydrogens is 296 g/mol. The topological polar surface area (TPSA) is 52.8 Å². The Labute approximate surface area is 134 Å². The summed E-state index contributed by atoms with van der Waals surface area (Å²) in [4.78, 5) is 4.37. The highest BCUT2D eigenvalue weighted by Gasteiger charge is 2.18. The van der Waals surface area contributed by atoms with Crippen LogP contribution in [0.5, 0.6) is 0 Å². The number of nitrogens with zero attached hydrogens (tertiary/aromatic N) is 4. The maximum absolute atomic E-state index is 5.41. The second-order valence-corrected chi connectivity index (χ2v) is 6.27. The van der Waals surface area contributed by atoms with E-state index in [0.29, 0.717) is 12.5 Å². The SMILES string of the molecule is C=CCn1c(SCC2CCOCC2)nnc1-c1ccccn1. The van der Waals surface area contributed by atoms with E-state index in [1.165, 1.54) is 0 Å². The molecule has 1 saturated heterocycles. The molecule has 5 nitrogen and oxygen atoms in total. The second kappa shape index (κ2) is 7.56. The highest BCUT2D eigenvalue weighted by Crippen LogP contribution is 2.27. The molecule has 3 heterocycles. The molecule has 6 heteroatoms. The molecule has 22 heavy (non-hydrogen) atoms. The highest BCUT2D eigenvalue weighted by molar-refractivity contribution is 7.99. The third-order valence-corrected chi connectivity index (χ3v) is 4.91. The van der Waals surface area contributed by atoms with Gasteiger partial charge in [0.05, 0.1) is 0 Å². The van der Waals surface area contributed by atoms with E-state index in [4.69, 9.17) is 4.74 Å². The summed E-state index contributed by atoms with van der Waals surface area (Å²) in [5, 5.41) is 9.62. The summed E-state index contributed by atoms with van der Waals surface area (Å²) in [6.45, 7) is 6.29. The maximum atomic E-state index is 5.41. The number of thioether (sulfide) groups is 1. The van der Waals surface area contributed by atoms with Gasteiger partial charge in [0.2, 0.25) is 0 Å². The lowest BCUT2D eigenvalue weighted by molar-refractivity contribution is 0.0727.